The molecule has 1 aliphatic heterocycles. The van der Waals surface area contributed by atoms with Crippen LogP contribution in [0.1, 0.15) is 120 Å². The van der Waals surface area contributed by atoms with Crippen LogP contribution in [-0.2, 0) is 4.74 Å². The monoisotopic (exact) mass is 602 g/mol. The van der Waals surface area contributed by atoms with Crippen LogP contribution < -0.4 is 0 Å². The van der Waals surface area contributed by atoms with Crippen molar-refractivity contribution < 1.29 is 26.7 Å². The standard InChI is InChI=1S/C37H47F5O/c1-2-3-4-5-25-6-21-36(43-24-25)31-17-11-28(12-18-31)32-19-20-33(34(38)22-32)29-13-7-26(8-14-29)27-9-15-30(16-10-27)35(39)23-37(40,41)42/h7-8,13-14,19-20,22-23,25,27-28,30-31,36H,2-6,9-12,15-18,21,24H2,1H3. The molecule has 2 aromatic rings. The Hall–Kier alpha value is -2.21. The molecule has 3 fully saturated rings. The molecule has 2 atom stereocenters. The molecule has 6 heteroatoms. The highest BCUT2D eigenvalue weighted by Gasteiger charge is 2.33. The van der Waals surface area contributed by atoms with Crippen LogP contribution in [0.3, 0.4) is 0 Å². The second kappa shape index (κ2) is 14.7. The topological polar surface area (TPSA) is 9.23 Å². The van der Waals surface area contributed by atoms with Gasteiger partial charge >= 0.3 is 6.18 Å². The van der Waals surface area contributed by atoms with E-state index in [0.717, 1.165) is 54.9 Å². The Morgan fingerprint density at radius 1 is 0.814 bits per heavy atom. The number of benzene rings is 2. The van der Waals surface area contributed by atoms with Crippen molar-refractivity contribution in [2.75, 3.05) is 6.61 Å². The summed E-state index contributed by atoms with van der Waals surface area (Å²) in [6.07, 6.45) is 9.81. The predicted octanol–water partition coefficient (Wildman–Crippen LogP) is 11.8. The molecule has 2 unspecified atom stereocenters. The lowest BCUT2D eigenvalue weighted by Crippen LogP contribution is -2.34. The summed E-state index contributed by atoms with van der Waals surface area (Å²) < 4.78 is 73.2. The molecule has 236 valence electrons. The third kappa shape index (κ3) is 8.71. The molecule has 0 amide bonds. The minimum atomic E-state index is -4.62. The van der Waals surface area contributed by atoms with Crippen molar-refractivity contribution in [2.24, 2.45) is 17.8 Å². The molecule has 0 spiro atoms. The van der Waals surface area contributed by atoms with E-state index in [1.807, 2.05) is 30.3 Å². The van der Waals surface area contributed by atoms with Gasteiger partial charge in [-0.05, 0) is 117 Å². The Morgan fingerprint density at radius 3 is 2.07 bits per heavy atom. The number of alkyl halides is 3. The van der Waals surface area contributed by atoms with E-state index >= 15 is 4.39 Å². The Labute approximate surface area is 254 Å². The van der Waals surface area contributed by atoms with Gasteiger partial charge < -0.3 is 4.74 Å². The molecule has 1 heterocycles. The molecule has 2 aromatic carbocycles. The fourth-order valence-electron chi connectivity index (χ4n) is 7.86. The van der Waals surface area contributed by atoms with E-state index in [1.165, 1.54) is 38.5 Å². The summed E-state index contributed by atoms with van der Waals surface area (Å²) in [5.74, 6) is 0.00694. The fraction of sp³-hybridized carbons (Fsp3) is 0.622. The average Bonchev–Trinajstić information content (AvgIpc) is 3.01. The molecule has 0 bridgehead atoms. The number of allylic oxidation sites excluding steroid dienone is 2. The Morgan fingerprint density at radius 2 is 1.47 bits per heavy atom. The highest BCUT2D eigenvalue weighted by molar-refractivity contribution is 5.65. The van der Waals surface area contributed by atoms with Crippen molar-refractivity contribution in [1.29, 1.82) is 0 Å². The molecule has 1 nitrogen and oxygen atoms in total. The van der Waals surface area contributed by atoms with Crippen molar-refractivity contribution in [3.8, 4) is 11.1 Å². The Bertz CT molecular complexity index is 1180. The van der Waals surface area contributed by atoms with Crippen LogP contribution in [0.2, 0.25) is 0 Å². The van der Waals surface area contributed by atoms with Gasteiger partial charge in [-0.3, -0.25) is 0 Å². The van der Waals surface area contributed by atoms with Crippen LogP contribution in [0.5, 0.6) is 0 Å². The minimum absolute atomic E-state index is 0.178. The van der Waals surface area contributed by atoms with Crippen LogP contribution in [0.25, 0.3) is 11.1 Å². The molecule has 1 saturated heterocycles. The summed E-state index contributed by atoms with van der Waals surface area (Å²) in [6, 6.07) is 13.5. The molecule has 2 aliphatic carbocycles. The van der Waals surface area contributed by atoms with Gasteiger partial charge in [0.2, 0.25) is 0 Å². The number of halogens is 5. The lowest BCUT2D eigenvalue weighted by atomic mass is 9.74. The lowest BCUT2D eigenvalue weighted by molar-refractivity contribution is -0.0820. The third-order valence-corrected chi connectivity index (χ3v) is 10.5. The van der Waals surface area contributed by atoms with Crippen molar-refractivity contribution in [3.05, 3.63) is 71.3 Å². The highest BCUT2D eigenvalue weighted by atomic mass is 19.4. The van der Waals surface area contributed by atoms with Crippen LogP contribution in [0.15, 0.2) is 54.4 Å². The van der Waals surface area contributed by atoms with Crippen molar-refractivity contribution in [3.63, 3.8) is 0 Å². The van der Waals surface area contributed by atoms with Gasteiger partial charge in [-0.2, -0.15) is 13.2 Å². The van der Waals surface area contributed by atoms with Gasteiger partial charge in [0.05, 0.1) is 12.2 Å². The van der Waals surface area contributed by atoms with Gasteiger partial charge in [-0.25, -0.2) is 8.78 Å². The summed E-state index contributed by atoms with van der Waals surface area (Å²) in [6.45, 7) is 3.17. The van der Waals surface area contributed by atoms with E-state index in [1.54, 1.807) is 6.07 Å². The van der Waals surface area contributed by atoms with Crippen molar-refractivity contribution in [1.82, 2.24) is 0 Å². The first kappa shape index (κ1) is 32.2. The first-order chi connectivity index (χ1) is 20.7. The molecule has 0 N–H and O–H groups in total. The zero-order valence-electron chi connectivity index (χ0n) is 25.5. The molecule has 0 radical (unpaired) electrons. The quantitative estimate of drug-likeness (QED) is 0.205. The molecule has 3 aliphatic rings. The Balaban J connectivity index is 1.11. The maximum atomic E-state index is 15.4. The zero-order chi connectivity index (χ0) is 30.4. The predicted molar refractivity (Wildman–Crippen MR) is 163 cm³/mol. The van der Waals surface area contributed by atoms with E-state index < -0.39 is 17.9 Å². The second-order valence-electron chi connectivity index (χ2n) is 13.4. The number of ether oxygens (including phenoxy) is 1. The first-order valence-electron chi connectivity index (χ1n) is 16.7. The van der Waals surface area contributed by atoms with E-state index in [4.69, 9.17) is 4.74 Å². The maximum absolute atomic E-state index is 15.4. The number of rotatable bonds is 9. The molecule has 43 heavy (non-hydrogen) atoms. The minimum Gasteiger partial charge on any atom is -0.378 e. The molecular weight excluding hydrogens is 555 g/mol. The largest absolute Gasteiger partial charge is 0.412 e. The zero-order valence-corrected chi connectivity index (χ0v) is 25.5. The normalized spacial score (nSPS) is 29.0. The van der Waals surface area contributed by atoms with Crippen LogP contribution in [0.4, 0.5) is 22.0 Å². The van der Waals surface area contributed by atoms with Crippen molar-refractivity contribution in [2.45, 2.75) is 121 Å². The van der Waals surface area contributed by atoms with Crippen LogP contribution in [-0.4, -0.2) is 18.9 Å². The summed E-state index contributed by atoms with van der Waals surface area (Å²) in [4.78, 5) is 0. The van der Waals surface area contributed by atoms with E-state index in [0.29, 0.717) is 49.2 Å². The summed E-state index contributed by atoms with van der Waals surface area (Å²) in [7, 11) is 0. The molecule has 5 rings (SSSR count). The van der Waals surface area contributed by atoms with Crippen LogP contribution >= 0.6 is 0 Å². The number of hydrogen-bond acceptors (Lipinski definition) is 1. The number of hydrogen-bond donors (Lipinski definition) is 0. The van der Waals surface area contributed by atoms with E-state index in [-0.39, 0.29) is 17.8 Å². The summed E-state index contributed by atoms with van der Waals surface area (Å²) in [5.41, 5.74) is 3.55. The Kier molecular flexibility index (Phi) is 11.0. The summed E-state index contributed by atoms with van der Waals surface area (Å²) in [5, 5.41) is 0. The molecular formula is C37H47F5O. The fourth-order valence-corrected chi connectivity index (χ4v) is 7.86. The maximum Gasteiger partial charge on any atom is 0.412 e. The molecule has 0 aromatic heterocycles. The molecule has 2 saturated carbocycles. The third-order valence-electron chi connectivity index (χ3n) is 10.5. The number of unbranched alkanes of at least 4 members (excludes halogenated alkanes) is 2. The van der Waals surface area contributed by atoms with Gasteiger partial charge in [0.25, 0.3) is 0 Å². The van der Waals surface area contributed by atoms with Crippen molar-refractivity contribution >= 4 is 0 Å². The SMILES string of the molecule is CCCCCC1CCC(C2CCC(c3ccc(-c4ccc(C5CCC(C(F)=CC(F)(F)F)CC5)cc4)c(F)c3)CC2)OC1. The summed E-state index contributed by atoms with van der Waals surface area (Å²) >= 11 is 0. The lowest BCUT2D eigenvalue weighted by Gasteiger charge is -2.38. The average molecular weight is 603 g/mol. The van der Waals surface area contributed by atoms with Gasteiger partial charge in [0.1, 0.15) is 11.6 Å². The second-order valence-corrected chi connectivity index (χ2v) is 13.4. The first-order valence-corrected chi connectivity index (χ1v) is 16.7. The smallest absolute Gasteiger partial charge is 0.378 e. The highest BCUT2D eigenvalue weighted by Crippen LogP contribution is 2.43. The van der Waals surface area contributed by atoms with E-state index in [9.17, 15) is 17.6 Å². The van der Waals surface area contributed by atoms with Gasteiger partial charge in [0, 0.05) is 18.1 Å². The van der Waals surface area contributed by atoms with Gasteiger partial charge in [-0.15, -0.1) is 0 Å². The van der Waals surface area contributed by atoms with Gasteiger partial charge in [-0.1, -0.05) is 62.6 Å². The van der Waals surface area contributed by atoms with E-state index in [2.05, 4.69) is 13.0 Å². The van der Waals surface area contributed by atoms with Crippen LogP contribution in [0, 0.1) is 23.6 Å². The van der Waals surface area contributed by atoms with Gasteiger partial charge in [0.15, 0.2) is 0 Å².